The molecule has 144 valence electrons. The lowest BCUT2D eigenvalue weighted by molar-refractivity contribution is -0.117. The SMILES string of the molecule is C#CCOc1ccccc1C1CC(=O)Nc2cc(NC(=O)CC)c(OC)cc21. The fourth-order valence-corrected chi connectivity index (χ4v) is 3.29. The number of anilines is 2. The maximum absolute atomic E-state index is 12.4. The van der Waals surface area contributed by atoms with Gasteiger partial charge in [0.25, 0.3) is 0 Å². The molecule has 0 radical (unpaired) electrons. The molecule has 0 aromatic heterocycles. The van der Waals surface area contributed by atoms with Crippen molar-refractivity contribution in [3.63, 3.8) is 0 Å². The minimum Gasteiger partial charge on any atom is -0.495 e. The monoisotopic (exact) mass is 378 g/mol. The summed E-state index contributed by atoms with van der Waals surface area (Å²) in [6.45, 7) is 1.92. The van der Waals surface area contributed by atoms with E-state index in [1.54, 1.807) is 20.1 Å². The summed E-state index contributed by atoms with van der Waals surface area (Å²) >= 11 is 0. The van der Waals surface area contributed by atoms with Gasteiger partial charge < -0.3 is 20.1 Å². The molecule has 6 nitrogen and oxygen atoms in total. The summed E-state index contributed by atoms with van der Waals surface area (Å²) < 4.78 is 11.2. The van der Waals surface area contributed by atoms with Crippen LogP contribution in [-0.4, -0.2) is 25.5 Å². The zero-order chi connectivity index (χ0) is 20.1. The third-order valence-corrected chi connectivity index (χ3v) is 4.61. The Kier molecular flexibility index (Phi) is 5.85. The van der Waals surface area contributed by atoms with Crippen LogP contribution in [-0.2, 0) is 9.59 Å². The molecule has 0 fully saturated rings. The molecule has 2 amide bonds. The van der Waals surface area contributed by atoms with Crippen LogP contribution in [0.5, 0.6) is 11.5 Å². The molecule has 0 bridgehead atoms. The molecule has 0 aliphatic carbocycles. The van der Waals surface area contributed by atoms with Gasteiger partial charge in [0.1, 0.15) is 18.1 Å². The molecule has 0 saturated carbocycles. The lowest BCUT2D eigenvalue weighted by Crippen LogP contribution is -2.24. The van der Waals surface area contributed by atoms with Crippen molar-refractivity contribution in [2.45, 2.75) is 25.7 Å². The van der Waals surface area contributed by atoms with Crippen LogP contribution in [0.1, 0.15) is 36.8 Å². The molecule has 1 aliphatic rings. The van der Waals surface area contributed by atoms with Gasteiger partial charge in [-0.1, -0.05) is 31.0 Å². The summed E-state index contributed by atoms with van der Waals surface area (Å²) in [5.41, 5.74) is 2.93. The molecule has 0 spiro atoms. The van der Waals surface area contributed by atoms with Gasteiger partial charge in [-0.25, -0.2) is 0 Å². The van der Waals surface area contributed by atoms with E-state index in [-0.39, 0.29) is 30.8 Å². The van der Waals surface area contributed by atoms with Crippen molar-refractivity contribution in [3.8, 4) is 23.8 Å². The van der Waals surface area contributed by atoms with Crippen LogP contribution in [0, 0.1) is 12.3 Å². The van der Waals surface area contributed by atoms with Crippen molar-refractivity contribution in [1.82, 2.24) is 0 Å². The molecule has 0 saturated heterocycles. The maximum atomic E-state index is 12.4. The number of nitrogens with one attached hydrogen (secondary N) is 2. The summed E-state index contributed by atoms with van der Waals surface area (Å²) in [7, 11) is 1.55. The van der Waals surface area contributed by atoms with E-state index < -0.39 is 0 Å². The molecule has 1 unspecified atom stereocenters. The number of hydrogen-bond donors (Lipinski definition) is 2. The topological polar surface area (TPSA) is 76.7 Å². The predicted octanol–water partition coefficient (Wildman–Crippen LogP) is 3.53. The van der Waals surface area contributed by atoms with Gasteiger partial charge in [0, 0.05) is 30.0 Å². The molecular weight excluding hydrogens is 356 g/mol. The smallest absolute Gasteiger partial charge is 0.225 e. The molecule has 1 heterocycles. The Hall–Kier alpha value is -3.46. The third-order valence-electron chi connectivity index (χ3n) is 4.61. The van der Waals surface area contributed by atoms with Gasteiger partial charge in [-0.05, 0) is 23.8 Å². The number of para-hydroxylation sites is 1. The zero-order valence-electron chi connectivity index (χ0n) is 15.9. The van der Waals surface area contributed by atoms with Crippen LogP contribution < -0.4 is 20.1 Å². The van der Waals surface area contributed by atoms with E-state index in [1.807, 2.05) is 30.3 Å². The number of terminal acetylenes is 1. The number of benzene rings is 2. The largest absolute Gasteiger partial charge is 0.495 e. The number of hydrogen-bond acceptors (Lipinski definition) is 4. The van der Waals surface area contributed by atoms with Gasteiger partial charge in [-0.15, -0.1) is 6.42 Å². The van der Waals surface area contributed by atoms with Crippen LogP contribution >= 0.6 is 0 Å². The standard InChI is InChI=1S/C22H22N2O4/c1-4-10-28-19-9-7-6-8-14(19)15-12-22(26)23-17-13-18(24-21(25)5-2)20(27-3)11-16(15)17/h1,6-9,11,13,15H,5,10,12H2,2-3H3,(H,23,26)(H,24,25). The van der Waals surface area contributed by atoms with E-state index in [0.717, 1.165) is 11.1 Å². The number of carbonyl (C=O) groups excluding carboxylic acids is 2. The Morgan fingerprint density at radius 1 is 1.29 bits per heavy atom. The first-order valence-electron chi connectivity index (χ1n) is 9.04. The molecule has 2 aromatic rings. The molecule has 28 heavy (non-hydrogen) atoms. The Morgan fingerprint density at radius 2 is 2.07 bits per heavy atom. The van der Waals surface area contributed by atoms with Crippen molar-refractivity contribution >= 4 is 23.2 Å². The predicted molar refractivity (Wildman–Crippen MR) is 108 cm³/mol. The van der Waals surface area contributed by atoms with E-state index in [4.69, 9.17) is 15.9 Å². The zero-order valence-corrected chi connectivity index (χ0v) is 15.9. The fraction of sp³-hybridized carbons (Fsp3) is 0.273. The highest BCUT2D eigenvalue weighted by Gasteiger charge is 2.30. The lowest BCUT2D eigenvalue weighted by atomic mass is 9.84. The third kappa shape index (κ3) is 3.94. The lowest BCUT2D eigenvalue weighted by Gasteiger charge is -2.28. The quantitative estimate of drug-likeness (QED) is 0.754. The summed E-state index contributed by atoms with van der Waals surface area (Å²) in [5, 5.41) is 5.69. The van der Waals surface area contributed by atoms with Gasteiger partial charge in [0.15, 0.2) is 0 Å². The van der Waals surface area contributed by atoms with Gasteiger partial charge >= 0.3 is 0 Å². The number of carbonyl (C=O) groups is 2. The van der Waals surface area contributed by atoms with Crippen molar-refractivity contribution < 1.29 is 19.1 Å². The first kappa shape index (κ1) is 19.3. The molecule has 1 aliphatic heterocycles. The second kappa shape index (κ2) is 8.49. The van der Waals surface area contributed by atoms with E-state index in [0.29, 0.717) is 29.3 Å². The van der Waals surface area contributed by atoms with Crippen molar-refractivity contribution in [2.75, 3.05) is 24.4 Å². The number of ether oxygens (including phenoxy) is 2. The second-order valence-electron chi connectivity index (χ2n) is 6.38. The number of fused-ring (bicyclic) bond motifs is 1. The number of rotatable bonds is 6. The van der Waals surface area contributed by atoms with Crippen molar-refractivity contribution in [1.29, 1.82) is 0 Å². The van der Waals surface area contributed by atoms with Gasteiger partial charge in [0.2, 0.25) is 11.8 Å². The summed E-state index contributed by atoms with van der Waals surface area (Å²) in [4.78, 5) is 24.2. The van der Waals surface area contributed by atoms with Crippen molar-refractivity contribution in [2.24, 2.45) is 0 Å². The van der Waals surface area contributed by atoms with Crippen LogP contribution in [0.2, 0.25) is 0 Å². The Balaban J connectivity index is 2.08. The Bertz CT molecular complexity index is 946. The fourth-order valence-electron chi connectivity index (χ4n) is 3.29. The van der Waals surface area contributed by atoms with Crippen molar-refractivity contribution in [3.05, 3.63) is 47.5 Å². The summed E-state index contributed by atoms with van der Waals surface area (Å²) in [5.74, 6) is 3.18. The van der Waals surface area contributed by atoms with Crippen LogP contribution in [0.25, 0.3) is 0 Å². The first-order valence-corrected chi connectivity index (χ1v) is 9.04. The Labute approximate surface area is 164 Å². The molecule has 6 heteroatoms. The molecule has 1 atom stereocenters. The summed E-state index contributed by atoms with van der Waals surface area (Å²) in [6, 6.07) is 11.1. The average Bonchev–Trinajstić information content (AvgIpc) is 2.71. The molecule has 2 aromatic carbocycles. The first-order chi connectivity index (χ1) is 13.6. The highest BCUT2D eigenvalue weighted by atomic mass is 16.5. The van der Waals surface area contributed by atoms with Crippen LogP contribution in [0.15, 0.2) is 36.4 Å². The molecule has 3 rings (SSSR count). The van der Waals surface area contributed by atoms with Gasteiger partial charge in [0.05, 0.1) is 12.8 Å². The average molecular weight is 378 g/mol. The number of methoxy groups -OCH3 is 1. The highest BCUT2D eigenvalue weighted by molar-refractivity contribution is 5.98. The van der Waals surface area contributed by atoms with Crippen LogP contribution in [0.4, 0.5) is 11.4 Å². The minimum absolute atomic E-state index is 0.109. The molecule has 2 N–H and O–H groups in total. The van der Waals surface area contributed by atoms with Gasteiger partial charge in [-0.2, -0.15) is 0 Å². The van der Waals surface area contributed by atoms with Gasteiger partial charge in [-0.3, -0.25) is 9.59 Å². The van der Waals surface area contributed by atoms with E-state index in [1.165, 1.54) is 0 Å². The maximum Gasteiger partial charge on any atom is 0.225 e. The van der Waals surface area contributed by atoms with E-state index in [9.17, 15) is 9.59 Å². The summed E-state index contributed by atoms with van der Waals surface area (Å²) in [6.07, 6.45) is 5.93. The van der Waals surface area contributed by atoms with Crippen LogP contribution in [0.3, 0.4) is 0 Å². The normalized spacial score (nSPS) is 15.0. The van der Waals surface area contributed by atoms with E-state index >= 15 is 0 Å². The Morgan fingerprint density at radius 3 is 2.79 bits per heavy atom. The molecular formula is C22H22N2O4. The van der Waals surface area contributed by atoms with E-state index in [2.05, 4.69) is 16.6 Å². The minimum atomic E-state index is -0.220. The number of amides is 2. The second-order valence-corrected chi connectivity index (χ2v) is 6.38. The highest BCUT2D eigenvalue weighted by Crippen LogP contribution is 2.44.